The molecule has 2 unspecified atom stereocenters. The van der Waals surface area contributed by atoms with Crippen LogP contribution in [0.1, 0.15) is 12.5 Å². The Bertz CT molecular complexity index is 340. The molecule has 0 aliphatic carbocycles. The summed E-state index contributed by atoms with van der Waals surface area (Å²) in [6, 6.07) is 3.40. The van der Waals surface area contributed by atoms with Crippen LogP contribution < -0.4 is 5.73 Å². The van der Waals surface area contributed by atoms with Gasteiger partial charge in [0.2, 0.25) is 0 Å². The number of hydrogen-bond acceptors (Lipinski definition) is 2. The van der Waals surface area contributed by atoms with Crippen LogP contribution in [0.4, 0.5) is 8.78 Å². The molecule has 0 radical (unpaired) electrons. The summed E-state index contributed by atoms with van der Waals surface area (Å²) in [5, 5.41) is 9.05. The van der Waals surface area contributed by atoms with E-state index in [2.05, 4.69) is 0 Å². The molecule has 4 heteroatoms. The van der Waals surface area contributed by atoms with E-state index >= 15 is 0 Å². The minimum absolute atomic E-state index is 0.0197. The molecular formula is C12H17F2NO. The van der Waals surface area contributed by atoms with Gasteiger partial charge in [0, 0.05) is 6.61 Å². The fourth-order valence-corrected chi connectivity index (χ4v) is 1.70. The highest BCUT2D eigenvalue weighted by molar-refractivity contribution is 5.19. The summed E-state index contributed by atoms with van der Waals surface area (Å²) in [6.45, 7) is 2.18. The molecule has 0 aromatic heterocycles. The van der Waals surface area contributed by atoms with Crippen molar-refractivity contribution in [1.82, 2.24) is 0 Å². The highest BCUT2D eigenvalue weighted by Gasteiger charge is 2.17. The molecule has 0 bridgehead atoms. The van der Waals surface area contributed by atoms with Crippen LogP contribution in [0.25, 0.3) is 0 Å². The largest absolute Gasteiger partial charge is 0.396 e. The maximum atomic E-state index is 13.3. The molecule has 1 aromatic rings. The standard InChI is InChI=1S/C12H17F2NO/c1-8(10(6-15)7-16)4-9-5-11(13)2-3-12(9)14/h2-3,5,8,10,16H,4,6-7,15H2,1H3. The van der Waals surface area contributed by atoms with Gasteiger partial charge in [-0.15, -0.1) is 0 Å². The maximum Gasteiger partial charge on any atom is 0.126 e. The van der Waals surface area contributed by atoms with E-state index in [0.717, 1.165) is 12.1 Å². The van der Waals surface area contributed by atoms with Crippen molar-refractivity contribution in [3.05, 3.63) is 35.4 Å². The van der Waals surface area contributed by atoms with Crippen molar-refractivity contribution in [2.45, 2.75) is 13.3 Å². The monoisotopic (exact) mass is 229 g/mol. The van der Waals surface area contributed by atoms with Crippen LogP contribution in [0, 0.1) is 23.5 Å². The minimum atomic E-state index is -0.447. The Hall–Kier alpha value is -1.00. The van der Waals surface area contributed by atoms with E-state index in [4.69, 9.17) is 10.8 Å². The van der Waals surface area contributed by atoms with Gasteiger partial charge in [0.1, 0.15) is 11.6 Å². The molecule has 1 rings (SSSR count). The molecule has 0 spiro atoms. The first-order valence-electron chi connectivity index (χ1n) is 5.33. The quantitative estimate of drug-likeness (QED) is 0.807. The lowest BCUT2D eigenvalue weighted by Gasteiger charge is -2.20. The number of rotatable bonds is 5. The Morgan fingerprint density at radius 2 is 2.06 bits per heavy atom. The number of halogens is 2. The second-order valence-corrected chi connectivity index (χ2v) is 4.10. The molecule has 2 nitrogen and oxygen atoms in total. The van der Waals surface area contributed by atoms with Crippen LogP contribution >= 0.6 is 0 Å². The van der Waals surface area contributed by atoms with Gasteiger partial charge in [0.15, 0.2) is 0 Å². The van der Waals surface area contributed by atoms with Crippen molar-refractivity contribution in [2.24, 2.45) is 17.6 Å². The molecule has 0 fully saturated rings. The zero-order valence-electron chi connectivity index (χ0n) is 9.29. The van der Waals surface area contributed by atoms with E-state index < -0.39 is 11.6 Å². The number of aliphatic hydroxyl groups is 1. The fourth-order valence-electron chi connectivity index (χ4n) is 1.70. The predicted octanol–water partition coefficient (Wildman–Crippen LogP) is 1.71. The van der Waals surface area contributed by atoms with Crippen LogP contribution in [0.5, 0.6) is 0 Å². The summed E-state index contributed by atoms with van der Waals surface area (Å²) in [6.07, 6.45) is 0.381. The Kier molecular flexibility index (Phi) is 4.83. The molecule has 0 aliphatic heterocycles. The summed E-state index contributed by atoms with van der Waals surface area (Å²) in [5.74, 6) is -0.923. The smallest absolute Gasteiger partial charge is 0.126 e. The maximum absolute atomic E-state index is 13.3. The van der Waals surface area contributed by atoms with Crippen molar-refractivity contribution in [2.75, 3.05) is 13.2 Å². The second kappa shape index (κ2) is 5.92. The Balaban J connectivity index is 2.75. The van der Waals surface area contributed by atoms with E-state index in [1.807, 2.05) is 6.92 Å². The minimum Gasteiger partial charge on any atom is -0.396 e. The molecule has 0 amide bonds. The van der Waals surface area contributed by atoms with Gasteiger partial charge in [-0.05, 0) is 48.6 Å². The fraction of sp³-hybridized carbons (Fsp3) is 0.500. The average Bonchev–Trinajstić information content (AvgIpc) is 2.25. The van der Waals surface area contributed by atoms with Crippen molar-refractivity contribution in [3.63, 3.8) is 0 Å². The van der Waals surface area contributed by atoms with Gasteiger partial charge >= 0.3 is 0 Å². The lowest BCUT2D eigenvalue weighted by Crippen LogP contribution is -2.26. The first-order chi connectivity index (χ1) is 7.58. The van der Waals surface area contributed by atoms with E-state index in [0.29, 0.717) is 18.5 Å². The average molecular weight is 229 g/mol. The third-order valence-corrected chi connectivity index (χ3v) is 2.89. The lowest BCUT2D eigenvalue weighted by molar-refractivity contribution is 0.186. The van der Waals surface area contributed by atoms with Gasteiger partial charge < -0.3 is 10.8 Å². The Labute approximate surface area is 94.1 Å². The molecule has 2 atom stereocenters. The summed E-state index contributed by atoms with van der Waals surface area (Å²) in [4.78, 5) is 0. The van der Waals surface area contributed by atoms with Crippen LogP contribution in [0.15, 0.2) is 18.2 Å². The molecule has 0 heterocycles. The summed E-state index contributed by atoms with van der Waals surface area (Å²) in [5.41, 5.74) is 5.81. The molecule has 90 valence electrons. The third kappa shape index (κ3) is 3.25. The SMILES string of the molecule is CC(Cc1cc(F)ccc1F)C(CN)CO. The van der Waals surface area contributed by atoms with Gasteiger partial charge in [0.25, 0.3) is 0 Å². The summed E-state index contributed by atoms with van der Waals surface area (Å²) < 4.78 is 26.3. The van der Waals surface area contributed by atoms with Crippen LogP contribution in [0.2, 0.25) is 0 Å². The van der Waals surface area contributed by atoms with E-state index in [9.17, 15) is 8.78 Å². The van der Waals surface area contributed by atoms with Gasteiger partial charge in [-0.25, -0.2) is 8.78 Å². The van der Waals surface area contributed by atoms with Crippen molar-refractivity contribution < 1.29 is 13.9 Å². The number of nitrogens with two attached hydrogens (primary N) is 1. The normalized spacial score (nSPS) is 14.8. The second-order valence-electron chi connectivity index (χ2n) is 4.10. The van der Waals surface area contributed by atoms with Crippen LogP contribution in [-0.2, 0) is 6.42 Å². The molecule has 0 saturated heterocycles. The predicted molar refractivity (Wildman–Crippen MR) is 58.9 cm³/mol. The Morgan fingerprint density at radius 3 is 2.62 bits per heavy atom. The molecule has 16 heavy (non-hydrogen) atoms. The highest BCUT2D eigenvalue weighted by Crippen LogP contribution is 2.19. The highest BCUT2D eigenvalue weighted by atomic mass is 19.1. The molecule has 3 N–H and O–H groups in total. The van der Waals surface area contributed by atoms with E-state index in [1.54, 1.807) is 0 Å². The van der Waals surface area contributed by atoms with Gasteiger partial charge in [0.05, 0.1) is 0 Å². The van der Waals surface area contributed by atoms with E-state index in [1.165, 1.54) is 6.07 Å². The molecule has 0 aliphatic rings. The first kappa shape index (κ1) is 13.1. The number of hydrogen-bond donors (Lipinski definition) is 2. The molecule has 0 saturated carbocycles. The van der Waals surface area contributed by atoms with Crippen molar-refractivity contribution >= 4 is 0 Å². The zero-order chi connectivity index (χ0) is 12.1. The number of aliphatic hydroxyl groups excluding tert-OH is 1. The lowest BCUT2D eigenvalue weighted by atomic mass is 9.89. The van der Waals surface area contributed by atoms with Gasteiger partial charge in [-0.2, -0.15) is 0 Å². The first-order valence-corrected chi connectivity index (χ1v) is 5.33. The summed E-state index contributed by atoms with van der Waals surface area (Å²) >= 11 is 0. The van der Waals surface area contributed by atoms with Crippen molar-refractivity contribution in [3.8, 4) is 0 Å². The van der Waals surface area contributed by atoms with Crippen molar-refractivity contribution in [1.29, 1.82) is 0 Å². The van der Waals surface area contributed by atoms with Crippen LogP contribution in [-0.4, -0.2) is 18.3 Å². The topological polar surface area (TPSA) is 46.2 Å². The number of benzene rings is 1. The Morgan fingerprint density at radius 1 is 1.38 bits per heavy atom. The molecule has 1 aromatic carbocycles. The van der Waals surface area contributed by atoms with Crippen LogP contribution in [0.3, 0.4) is 0 Å². The van der Waals surface area contributed by atoms with E-state index in [-0.39, 0.29) is 18.4 Å². The van der Waals surface area contributed by atoms with Gasteiger partial charge in [-0.1, -0.05) is 6.92 Å². The zero-order valence-corrected chi connectivity index (χ0v) is 9.29. The third-order valence-electron chi connectivity index (χ3n) is 2.89. The van der Waals surface area contributed by atoms with Gasteiger partial charge in [-0.3, -0.25) is 0 Å². The molecular weight excluding hydrogens is 212 g/mol. The summed E-state index contributed by atoms with van der Waals surface area (Å²) in [7, 11) is 0.